The minimum absolute atomic E-state index is 0.151. The molecule has 1 rings (SSSR count). The van der Waals surface area contributed by atoms with Crippen molar-refractivity contribution in [3.05, 3.63) is 23.8 Å². The first-order valence-electron chi connectivity index (χ1n) is 16.2. The highest BCUT2D eigenvalue weighted by Gasteiger charge is 2.62. The summed E-state index contributed by atoms with van der Waals surface area (Å²) in [5.41, 5.74) is -2.55. The molecular formula is C33H64O8Si3. The molecule has 8 nitrogen and oxygen atoms in total. The highest BCUT2D eigenvalue weighted by atomic mass is 28.4. The number of rotatable bonds is 16. The van der Waals surface area contributed by atoms with Gasteiger partial charge in [0.05, 0.1) is 24.2 Å². The quantitative estimate of drug-likeness (QED) is 0.0432. The zero-order valence-electron chi connectivity index (χ0n) is 30.2. The number of carbonyl (C=O) groups excluding carboxylic acids is 1. The van der Waals surface area contributed by atoms with Gasteiger partial charge in [-0.05, 0) is 54.6 Å². The first-order valence-corrected chi connectivity index (χ1v) is 26.5. The van der Waals surface area contributed by atoms with E-state index in [1.807, 2.05) is 26.8 Å². The molecule has 0 aliphatic heterocycles. The second kappa shape index (κ2) is 16.1. The summed E-state index contributed by atoms with van der Waals surface area (Å²) in [6.07, 6.45) is 3.20. The molecule has 2 N–H and O–H groups in total. The average Bonchev–Trinajstić information content (AvgIpc) is 2.82. The third kappa shape index (κ3) is 12.3. The van der Waals surface area contributed by atoms with Gasteiger partial charge in [0.1, 0.15) is 18.5 Å². The Labute approximate surface area is 271 Å². The molecule has 44 heavy (non-hydrogen) atoms. The molecule has 11 heteroatoms. The molecule has 1 aliphatic carbocycles. The summed E-state index contributed by atoms with van der Waals surface area (Å²) in [7, 11) is -5.30. The Morgan fingerprint density at radius 2 is 1.52 bits per heavy atom. The number of allylic oxidation sites excluding steroid dienone is 3. The predicted molar refractivity (Wildman–Crippen MR) is 187 cm³/mol. The lowest BCUT2D eigenvalue weighted by atomic mass is 9.64. The van der Waals surface area contributed by atoms with Crippen molar-refractivity contribution in [3.8, 4) is 0 Å². The van der Waals surface area contributed by atoms with E-state index < -0.39 is 60.1 Å². The van der Waals surface area contributed by atoms with Crippen molar-refractivity contribution in [2.75, 3.05) is 20.0 Å². The summed E-state index contributed by atoms with van der Waals surface area (Å²) in [5, 5.41) is 23.2. The Bertz CT molecular complexity index is 1000. The SMILES string of the molecule is CC(C)/C=C\C=C(/C(=O)O)[C@]1(O)[C@H](OCOCC[Si](C)(C)C)[C@H](O[Si](C)(C)C(C)(C)C)[C@@H](C)C[C@H]1C(=O)OCC[Si](C)(C)C. The summed E-state index contributed by atoms with van der Waals surface area (Å²) in [6, 6.07) is 1.69. The number of hydrogen-bond donors (Lipinski definition) is 2. The number of hydrogen-bond acceptors (Lipinski definition) is 7. The molecule has 0 unspecified atom stereocenters. The van der Waals surface area contributed by atoms with E-state index in [4.69, 9.17) is 18.6 Å². The standard InChI is InChI=1S/C33H64O8Si3/c1-24(2)16-15-17-26(30(34)35)33(37)27(31(36)39-19-21-43(10,11)12)22-25(3)28(41-44(13,14)32(4,5)6)29(33)40-23-38-18-20-42(7,8)9/h15-17,24-25,27-29,37H,18-23H2,1-14H3,(H,34,35)/b16-15-,26-17+/t25-,27-,28+,29+,33+/m0/s1. The Balaban J connectivity index is 3.77. The van der Waals surface area contributed by atoms with Crippen molar-refractivity contribution in [2.45, 2.75) is 135 Å². The lowest BCUT2D eigenvalue weighted by Gasteiger charge is -2.53. The second-order valence-electron chi connectivity index (χ2n) is 16.9. The van der Waals surface area contributed by atoms with Gasteiger partial charge in [-0.25, -0.2) is 4.79 Å². The van der Waals surface area contributed by atoms with Gasteiger partial charge in [-0.2, -0.15) is 0 Å². The van der Waals surface area contributed by atoms with Crippen molar-refractivity contribution in [1.29, 1.82) is 0 Å². The number of aliphatic carboxylic acids is 1. The molecule has 0 saturated heterocycles. The molecule has 1 aliphatic rings. The van der Waals surface area contributed by atoms with E-state index in [0.717, 1.165) is 12.1 Å². The van der Waals surface area contributed by atoms with Gasteiger partial charge < -0.3 is 28.8 Å². The van der Waals surface area contributed by atoms with Crippen molar-refractivity contribution in [1.82, 2.24) is 0 Å². The monoisotopic (exact) mass is 672 g/mol. The van der Waals surface area contributed by atoms with E-state index in [0.29, 0.717) is 6.61 Å². The topological polar surface area (TPSA) is 112 Å². The van der Waals surface area contributed by atoms with Crippen LogP contribution in [0.5, 0.6) is 0 Å². The molecule has 0 aromatic heterocycles. The fourth-order valence-corrected chi connectivity index (χ4v) is 7.69. The largest absolute Gasteiger partial charge is 0.478 e. The van der Waals surface area contributed by atoms with Gasteiger partial charge in [0.15, 0.2) is 8.32 Å². The number of carboxylic acids is 1. The van der Waals surface area contributed by atoms with Crippen LogP contribution in [0.3, 0.4) is 0 Å². The molecule has 0 bridgehead atoms. The number of carbonyl (C=O) groups is 2. The van der Waals surface area contributed by atoms with Gasteiger partial charge in [-0.15, -0.1) is 0 Å². The van der Waals surface area contributed by atoms with Crippen LogP contribution in [-0.4, -0.2) is 84.4 Å². The summed E-state index contributed by atoms with van der Waals surface area (Å²) in [5.74, 6) is -3.18. The van der Waals surface area contributed by atoms with Crippen LogP contribution in [0.4, 0.5) is 0 Å². The maximum absolute atomic E-state index is 13.8. The molecule has 1 fully saturated rings. The van der Waals surface area contributed by atoms with Gasteiger partial charge in [0.25, 0.3) is 0 Å². The molecule has 0 radical (unpaired) electrons. The van der Waals surface area contributed by atoms with E-state index in [-0.39, 0.29) is 42.3 Å². The van der Waals surface area contributed by atoms with Crippen molar-refractivity contribution in [2.24, 2.45) is 17.8 Å². The minimum Gasteiger partial charge on any atom is -0.478 e. The zero-order valence-corrected chi connectivity index (χ0v) is 33.2. The van der Waals surface area contributed by atoms with E-state index in [9.17, 15) is 19.8 Å². The van der Waals surface area contributed by atoms with Crippen molar-refractivity contribution < 1.29 is 38.4 Å². The Morgan fingerprint density at radius 3 is 2.00 bits per heavy atom. The van der Waals surface area contributed by atoms with E-state index in [1.54, 1.807) is 6.08 Å². The first kappa shape index (κ1) is 40.9. The van der Waals surface area contributed by atoms with Crippen LogP contribution in [0.2, 0.25) is 69.5 Å². The molecule has 0 amide bonds. The van der Waals surface area contributed by atoms with Gasteiger partial charge in [0.2, 0.25) is 0 Å². The minimum atomic E-state index is -2.43. The summed E-state index contributed by atoms with van der Waals surface area (Å²) < 4.78 is 25.0. The number of esters is 1. The smallest absolute Gasteiger partial charge is 0.334 e. The molecule has 1 saturated carbocycles. The number of ether oxygens (including phenoxy) is 3. The first-order chi connectivity index (χ1) is 19.8. The molecule has 5 atom stereocenters. The third-order valence-electron chi connectivity index (χ3n) is 8.80. The highest BCUT2D eigenvalue weighted by Crippen LogP contribution is 2.48. The van der Waals surface area contributed by atoms with E-state index in [2.05, 4.69) is 73.1 Å². The van der Waals surface area contributed by atoms with Gasteiger partial charge in [-0.1, -0.05) is 93.0 Å². The third-order valence-corrected chi connectivity index (χ3v) is 16.7. The van der Waals surface area contributed by atoms with Crippen LogP contribution in [-0.2, 0) is 28.2 Å². The normalized spacial score (nSPS) is 26.0. The average molecular weight is 673 g/mol. The van der Waals surface area contributed by atoms with Crippen molar-refractivity contribution >= 4 is 36.4 Å². The van der Waals surface area contributed by atoms with Crippen LogP contribution in [0.15, 0.2) is 23.8 Å². The molecule has 0 heterocycles. The molecule has 0 aromatic carbocycles. The lowest BCUT2D eigenvalue weighted by Crippen LogP contribution is -2.67. The van der Waals surface area contributed by atoms with Crippen LogP contribution in [0.25, 0.3) is 0 Å². The fraction of sp³-hybridized carbons (Fsp3) is 0.818. The lowest BCUT2D eigenvalue weighted by molar-refractivity contribution is -0.229. The van der Waals surface area contributed by atoms with Gasteiger partial charge in [-0.3, -0.25) is 4.79 Å². The van der Waals surface area contributed by atoms with E-state index in [1.165, 1.54) is 6.08 Å². The summed E-state index contributed by atoms with van der Waals surface area (Å²) >= 11 is 0. The van der Waals surface area contributed by atoms with Gasteiger partial charge in [0, 0.05) is 22.8 Å². The number of aliphatic hydroxyl groups is 1. The van der Waals surface area contributed by atoms with Crippen molar-refractivity contribution in [3.63, 3.8) is 0 Å². The fourth-order valence-electron chi connectivity index (χ4n) is 4.83. The van der Waals surface area contributed by atoms with Crippen LogP contribution >= 0.6 is 0 Å². The predicted octanol–water partition coefficient (Wildman–Crippen LogP) is 7.57. The van der Waals surface area contributed by atoms with Gasteiger partial charge >= 0.3 is 11.9 Å². The highest BCUT2D eigenvalue weighted by molar-refractivity contribution is 6.76. The summed E-state index contributed by atoms with van der Waals surface area (Å²) in [4.78, 5) is 26.8. The molecule has 0 spiro atoms. The Hall–Kier alpha value is -1.09. The molecule has 256 valence electrons. The maximum atomic E-state index is 13.8. The maximum Gasteiger partial charge on any atom is 0.334 e. The van der Waals surface area contributed by atoms with Crippen LogP contribution < -0.4 is 0 Å². The number of carboxylic acid groups (broad SMARTS) is 1. The molecule has 0 aromatic rings. The Kier molecular flexibility index (Phi) is 15.0. The zero-order chi connectivity index (χ0) is 34.3. The van der Waals surface area contributed by atoms with E-state index >= 15 is 0 Å². The second-order valence-corrected chi connectivity index (χ2v) is 32.8. The molecular weight excluding hydrogens is 609 g/mol. The van der Waals surface area contributed by atoms with Crippen LogP contribution in [0, 0.1) is 17.8 Å². The van der Waals surface area contributed by atoms with Crippen LogP contribution in [0.1, 0.15) is 48.0 Å². The Morgan fingerprint density at radius 1 is 0.977 bits per heavy atom. The summed E-state index contributed by atoms with van der Waals surface area (Å²) in [6.45, 7) is 30.5.